The maximum Gasteiger partial charge on any atom is 0.120 e. The summed E-state index contributed by atoms with van der Waals surface area (Å²) < 4.78 is 11.0. The van der Waals surface area contributed by atoms with Gasteiger partial charge in [0.15, 0.2) is 0 Å². The predicted molar refractivity (Wildman–Crippen MR) is 105 cm³/mol. The highest BCUT2D eigenvalue weighted by Crippen LogP contribution is 2.43. The molecule has 1 aliphatic rings. The normalized spacial score (nSPS) is 19.0. The molecule has 0 spiro atoms. The molecule has 0 aliphatic carbocycles. The molecule has 0 N–H and O–H groups in total. The van der Waals surface area contributed by atoms with Crippen molar-refractivity contribution in [3.8, 4) is 5.75 Å². The van der Waals surface area contributed by atoms with E-state index in [1.807, 2.05) is 0 Å². The summed E-state index contributed by atoms with van der Waals surface area (Å²) in [6.07, 6.45) is 1.48. The van der Waals surface area contributed by atoms with Crippen molar-refractivity contribution in [2.75, 3.05) is 13.2 Å². The summed E-state index contributed by atoms with van der Waals surface area (Å²) in [6.45, 7) is 15.5. The molecule has 0 amide bonds. The second-order valence-electron chi connectivity index (χ2n) is 9.72. The van der Waals surface area contributed by atoms with Gasteiger partial charge in [-0.2, -0.15) is 0 Å². The summed E-state index contributed by atoms with van der Waals surface area (Å²) in [4.78, 5) is 0. The summed E-state index contributed by atoms with van der Waals surface area (Å²) in [7, 11) is 0. The highest BCUT2D eigenvalue weighted by atomic mass is 16.6. The third-order valence-electron chi connectivity index (χ3n) is 4.94. The third-order valence-corrected chi connectivity index (χ3v) is 4.94. The Labute approximate surface area is 152 Å². The van der Waals surface area contributed by atoms with Gasteiger partial charge in [-0.15, -0.1) is 0 Å². The summed E-state index contributed by atoms with van der Waals surface area (Å²) >= 11 is 0. The minimum atomic E-state index is 0.244. The van der Waals surface area contributed by atoms with Gasteiger partial charge >= 0.3 is 0 Å². The van der Waals surface area contributed by atoms with Gasteiger partial charge in [-0.1, -0.05) is 65.8 Å². The molecule has 2 unspecified atom stereocenters. The molecule has 0 radical (unpaired) electrons. The minimum Gasteiger partial charge on any atom is -0.491 e. The molecule has 2 aromatic carbocycles. The van der Waals surface area contributed by atoms with E-state index in [1.54, 1.807) is 0 Å². The molecular formula is C23H32O2. The van der Waals surface area contributed by atoms with E-state index in [9.17, 15) is 0 Å². The van der Waals surface area contributed by atoms with Crippen molar-refractivity contribution in [2.24, 2.45) is 10.8 Å². The van der Waals surface area contributed by atoms with E-state index in [-0.39, 0.29) is 5.41 Å². The van der Waals surface area contributed by atoms with E-state index in [0.29, 0.717) is 24.0 Å². The Balaban J connectivity index is 1.86. The van der Waals surface area contributed by atoms with Crippen molar-refractivity contribution < 1.29 is 9.47 Å². The lowest BCUT2D eigenvalue weighted by molar-refractivity contribution is 0.229. The van der Waals surface area contributed by atoms with Crippen LogP contribution in [0.4, 0.5) is 0 Å². The topological polar surface area (TPSA) is 21.8 Å². The van der Waals surface area contributed by atoms with Crippen LogP contribution in [-0.4, -0.2) is 19.3 Å². The fourth-order valence-corrected chi connectivity index (χ4v) is 3.44. The molecule has 1 heterocycles. The van der Waals surface area contributed by atoms with Gasteiger partial charge in [0.25, 0.3) is 0 Å². The second-order valence-corrected chi connectivity index (χ2v) is 9.72. The van der Waals surface area contributed by atoms with Gasteiger partial charge in [0.2, 0.25) is 0 Å². The van der Waals surface area contributed by atoms with Crippen LogP contribution < -0.4 is 4.74 Å². The van der Waals surface area contributed by atoms with Crippen LogP contribution in [-0.2, 0) is 4.74 Å². The summed E-state index contributed by atoms with van der Waals surface area (Å²) in [6, 6.07) is 13.3. The maximum absolute atomic E-state index is 5.81. The molecule has 0 bridgehead atoms. The molecule has 25 heavy (non-hydrogen) atoms. The van der Waals surface area contributed by atoms with Crippen LogP contribution in [0.15, 0.2) is 36.4 Å². The zero-order valence-electron chi connectivity index (χ0n) is 16.6. The van der Waals surface area contributed by atoms with Crippen LogP contribution in [0.3, 0.4) is 0 Å². The molecule has 2 aromatic rings. The predicted octanol–water partition coefficient (Wildman–Crippen LogP) is 6.18. The van der Waals surface area contributed by atoms with Gasteiger partial charge in [0.1, 0.15) is 18.5 Å². The van der Waals surface area contributed by atoms with Crippen molar-refractivity contribution >= 4 is 10.8 Å². The quantitative estimate of drug-likeness (QED) is 0.606. The highest BCUT2D eigenvalue weighted by Gasteiger charge is 2.30. The first-order chi connectivity index (χ1) is 11.6. The number of hydrogen-bond donors (Lipinski definition) is 0. The van der Waals surface area contributed by atoms with Crippen molar-refractivity contribution in [3.05, 3.63) is 42.0 Å². The molecule has 0 aromatic heterocycles. The van der Waals surface area contributed by atoms with Gasteiger partial charge in [-0.25, -0.2) is 0 Å². The van der Waals surface area contributed by atoms with Gasteiger partial charge < -0.3 is 9.47 Å². The highest BCUT2D eigenvalue weighted by molar-refractivity contribution is 5.84. The first kappa shape index (κ1) is 18.3. The number of benzene rings is 2. The number of fused-ring (bicyclic) bond motifs is 1. The van der Waals surface area contributed by atoms with Gasteiger partial charge in [-0.05, 0) is 51.6 Å². The van der Waals surface area contributed by atoms with E-state index < -0.39 is 0 Å². The summed E-state index contributed by atoms with van der Waals surface area (Å²) in [5.74, 6) is 1.47. The fourth-order valence-electron chi connectivity index (χ4n) is 3.44. The van der Waals surface area contributed by atoms with E-state index in [1.165, 1.54) is 22.8 Å². The number of ether oxygens (including phenoxy) is 2. The first-order valence-electron chi connectivity index (χ1n) is 9.40. The molecule has 0 saturated carbocycles. The Morgan fingerprint density at radius 2 is 1.64 bits per heavy atom. The van der Waals surface area contributed by atoms with Crippen LogP contribution in [0.2, 0.25) is 0 Å². The van der Waals surface area contributed by atoms with E-state index in [0.717, 1.165) is 12.4 Å². The fraction of sp³-hybridized carbons (Fsp3) is 0.565. The van der Waals surface area contributed by atoms with Crippen LogP contribution in [0.25, 0.3) is 10.8 Å². The molecular weight excluding hydrogens is 308 g/mol. The Hall–Kier alpha value is -1.54. The molecule has 1 saturated heterocycles. The lowest BCUT2D eigenvalue weighted by Crippen LogP contribution is -2.23. The van der Waals surface area contributed by atoms with Crippen LogP contribution in [0.1, 0.15) is 59.4 Å². The molecule has 1 fully saturated rings. The molecule has 3 rings (SSSR count). The van der Waals surface area contributed by atoms with Crippen molar-refractivity contribution in [1.29, 1.82) is 0 Å². The smallest absolute Gasteiger partial charge is 0.120 e. The maximum atomic E-state index is 5.81. The van der Waals surface area contributed by atoms with Crippen molar-refractivity contribution in [1.82, 2.24) is 0 Å². The zero-order valence-corrected chi connectivity index (χ0v) is 16.6. The average Bonchev–Trinajstić information content (AvgIpc) is 3.32. The SMILES string of the molecule is CC(C)(C)CC(c1ccc2cc(OCC3CO3)ccc2c1)C(C)(C)C. The number of rotatable bonds is 5. The lowest BCUT2D eigenvalue weighted by Gasteiger charge is -2.36. The van der Waals surface area contributed by atoms with E-state index in [4.69, 9.17) is 9.47 Å². The number of hydrogen-bond acceptors (Lipinski definition) is 2. The molecule has 2 atom stereocenters. The van der Waals surface area contributed by atoms with E-state index >= 15 is 0 Å². The van der Waals surface area contributed by atoms with Crippen molar-refractivity contribution in [3.63, 3.8) is 0 Å². The summed E-state index contributed by atoms with van der Waals surface area (Å²) in [5.41, 5.74) is 2.00. The Morgan fingerprint density at radius 1 is 1.00 bits per heavy atom. The molecule has 136 valence electrons. The third kappa shape index (κ3) is 4.98. The lowest BCUT2D eigenvalue weighted by atomic mass is 9.69. The molecule has 1 aliphatic heterocycles. The first-order valence-corrected chi connectivity index (χ1v) is 9.40. The Morgan fingerprint density at radius 3 is 2.24 bits per heavy atom. The average molecular weight is 341 g/mol. The van der Waals surface area contributed by atoms with Crippen LogP contribution >= 0.6 is 0 Å². The van der Waals surface area contributed by atoms with Crippen LogP contribution in [0, 0.1) is 10.8 Å². The minimum absolute atomic E-state index is 0.244. The molecule has 2 nitrogen and oxygen atoms in total. The monoisotopic (exact) mass is 340 g/mol. The standard InChI is InChI=1S/C23H32O2/c1-22(2,3)13-21(23(4,5)6)18-8-7-17-12-19(10-9-16(17)11-18)24-14-20-15-25-20/h7-12,20-21H,13-15H2,1-6H3. The zero-order chi connectivity index (χ0) is 18.2. The van der Waals surface area contributed by atoms with E-state index in [2.05, 4.69) is 77.9 Å². The van der Waals surface area contributed by atoms with Gasteiger partial charge in [0.05, 0.1) is 6.61 Å². The van der Waals surface area contributed by atoms with Gasteiger partial charge in [0, 0.05) is 0 Å². The Kier molecular flexibility index (Phi) is 4.85. The second kappa shape index (κ2) is 6.64. The van der Waals surface area contributed by atoms with Crippen molar-refractivity contribution in [2.45, 2.75) is 60.0 Å². The Bertz CT molecular complexity index is 730. The number of epoxide rings is 1. The molecule has 2 heteroatoms. The largest absolute Gasteiger partial charge is 0.491 e. The van der Waals surface area contributed by atoms with Crippen LogP contribution in [0.5, 0.6) is 5.75 Å². The summed E-state index contributed by atoms with van der Waals surface area (Å²) in [5, 5.41) is 2.53. The van der Waals surface area contributed by atoms with Gasteiger partial charge in [-0.3, -0.25) is 0 Å².